The van der Waals surface area contributed by atoms with Crippen molar-refractivity contribution in [2.24, 2.45) is 11.3 Å². The van der Waals surface area contributed by atoms with E-state index < -0.39 is 41.6 Å². The van der Waals surface area contributed by atoms with E-state index in [1.807, 2.05) is 18.2 Å². The summed E-state index contributed by atoms with van der Waals surface area (Å²) in [6, 6.07) is 17.8. The number of piperazine rings is 1. The van der Waals surface area contributed by atoms with E-state index in [1.54, 1.807) is 36.9 Å². The Kier molecular flexibility index (Phi) is 13.9. The number of ether oxygens (including phenoxy) is 1. The van der Waals surface area contributed by atoms with Crippen molar-refractivity contribution in [2.75, 3.05) is 62.0 Å². The summed E-state index contributed by atoms with van der Waals surface area (Å²) >= 11 is 6.25. The summed E-state index contributed by atoms with van der Waals surface area (Å²) in [5.74, 6) is -0.430. The van der Waals surface area contributed by atoms with Crippen molar-refractivity contribution >= 4 is 71.4 Å². The minimum Gasteiger partial charge on any atom is -0.455 e. The van der Waals surface area contributed by atoms with Gasteiger partial charge in [0.15, 0.2) is 0 Å². The molecule has 16 nitrogen and oxygen atoms in total. The lowest BCUT2D eigenvalue weighted by Gasteiger charge is -2.39. The maximum absolute atomic E-state index is 14.0. The van der Waals surface area contributed by atoms with Gasteiger partial charge >= 0.3 is 5.69 Å². The first kappa shape index (κ1) is 47.1. The average Bonchev–Trinajstić information content (AvgIpc) is 3.75. The third kappa shape index (κ3) is 11.6. The number of carbonyl (C=O) groups excluding carboxylic acids is 1. The Labute approximate surface area is 391 Å². The van der Waals surface area contributed by atoms with E-state index in [0.717, 1.165) is 92.9 Å². The van der Waals surface area contributed by atoms with Crippen molar-refractivity contribution in [3.63, 3.8) is 0 Å². The van der Waals surface area contributed by atoms with Crippen molar-refractivity contribution in [1.29, 1.82) is 0 Å². The molecule has 0 radical (unpaired) electrons. The van der Waals surface area contributed by atoms with Crippen LogP contribution >= 0.6 is 11.6 Å². The molecule has 2 fully saturated rings. The smallest absolute Gasteiger partial charge is 0.312 e. The topological polar surface area (TPSA) is 205 Å². The highest BCUT2D eigenvalue weighted by atomic mass is 35.5. The van der Waals surface area contributed by atoms with Crippen LogP contribution in [0.2, 0.25) is 5.02 Å². The minimum atomic E-state index is -4.65. The zero-order chi connectivity index (χ0) is 46.8. The maximum atomic E-state index is 14.0. The molecule has 1 aliphatic heterocycles. The van der Waals surface area contributed by atoms with Crippen LogP contribution in [0.4, 0.5) is 17.2 Å². The normalized spacial score (nSPS) is 19.7. The number of H-pyrrole nitrogens is 1. The Bertz CT molecular complexity index is 2790. The highest BCUT2D eigenvalue weighted by Crippen LogP contribution is 2.43. The summed E-state index contributed by atoms with van der Waals surface area (Å²) in [5, 5.41) is 16.7. The number of hydrogen-bond acceptors (Lipinski definition) is 12. The van der Waals surface area contributed by atoms with Crippen molar-refractivity contribution < 1.29 is 27.1 Å². The average molecular weight is 961 g/mol. The number of rotatable bonds is 15. The van der Waals surface area contributed by atoms with Crippen LogP contribution in [-0.2, 0) is 20.1 Å². The number of nitro groups is 1. The first-order valence-corrected chi connectivity index (χ1v) is 26.8. The molecule has 19 heteroatoms. The number of thiol groups is 1. The number of hydrogen-bond donors (Lipinski definition) is 5. The number of anilines is 2. The van der Waals surface area contributed by atoms with Crippen molar-refractivity contribution in [1.82, 2.24) is 29.3 Å². The SMILES string of the molecule is CC1(C)CCC(CN2CCN(c3ccc(C(=O)NS(=O)(=O)c4cnc(NCC5CCC(N[SH](C)(C)=O)CC5)c([N+](=O)[O-])c4)c(Oc4cnc5[nH]ccc5c4)c3)CC2)=C(c2ccc(Cl)cc2)C1. The zero-order valence-electron chi connectivity index (χ0n) is 37.7. The number of amides is 1. The summed E-state index contributed by atoms with van der Waals surface area (Å²) in [6.07, 6.45) is 14.1. The Morgan fingerprint density at radius 2 is 1.74 bits per heavy atom. The van der Waals surface area contributed by atoms with Gasteiger partial charge in [0.2, 0.25) is 5.82 Å². The number of allylic oxidation sites excluding steroid dienone is 1. The lowest BCUT2D eigenvalue weighted by atomic mass is 9.72. The predicted molar refractivity (Wildman–Crippen MR) is 262 cm³/mol. The summed E-state index contributed by atoms with van der Waals surface area (Å²) in [6.45, 7) is 8.96. The molecule has 3 aromatic heterocycles. The minimum absolute atomic E-state index is 0.0663. The number of aromatic amines is 1. The summed E-state index contributed by atoms with van der Waals surface area (Å²) in [5.41, 5.74) is 5.14. The largest absolute Gasteiger partial charge is 0.455 e. The van der Waals surface area contributed by atoms with Crippen LogP contribution < -0.4 is 24.4 Å². The van der Waals surface area contributed by atoms with Gasteiger partial charge in [0.05, 0.1) is 22.9 Å². The molecule has 1 amide bonds. The van der Waals surface area contributed by atoms with E-state index in [2.05, 4.69) is 65.5 Å². The van der Waals surface area contributed by atoms with Gasteiger partial charge in [-0.3, -0.25) is 28.7 Å². The molecule has 1 saturated heterocycles. The van der Waals surface area contributed by atoms with Gasteiger partial charge in [-0.1, -0.05) is 53.3 Å². The number of nitrogens with zero attached hydrogens (tertiary/aromatic N) is 5. The van der Waals surface area contributed by atoms with Crippen LogP contribution in [0, 0.1) is 21.4 Å². The predicted octanol–water partition coefficient (Wildman–Crippen LogP) is 7.97. The molecule has 2 aromatic carbocycles. The van der Waals surface area contributed by atoms with Gasteiger partial charge in [0.1, 0.15) is 22.0 Å². The number of nitrogens with one attached hydrogen (secondary N) is 4. The van der Waals surface area contributed by atoms with E-state index in [9.17, 15) is 27.5 Å². The van der Waals surface area contributed by atoms with E-state index in [-0.39, 0.29) is 34.5 Å². The van der Waals surface area contributed by atoms with Gasteiger partial charge in [-0.2, -0.15) is 0 Å². The van der Waals surface area contributed by atoms with Crippen LogP contribution in [0.5, 0.6) is 11.5 Å². The Morgan fingerprint density at radius 1 is 1.00 bits per heavy atom. The summed E-state index contributed by atoms with van der Waals surface area (Å²) in [7, 11) is -7.02. The number of sulfonamides is 1. The highest BCUT2D eigenvalue weighted by Gasteiger charge is 2.31. The molecular weight excluding hydrogens is 902 g/mol. The second kappa shape index (κ2) is 19.4. The standard InChI is InChI=1S/C47H58ClN9O7S2/c1-47(2)17-15-34(41(26-47)32-7-9-35(48)10-8-32)30-55-19-21-56(22-20-55)37-13-14-40(43(24-37)64-38-23-33-16-18-49-44(33)51-28-38)46(58)54-66(62,63)39-25-42(57(59)60)45(52-29-39)50-27-31-5-11-36(12-6-31)53-65(3,4)61/h7-10,13-14,16,18,23-25,28-29,31,36,65H,5-6,11-12,15,17,19-22,26-27,30H2,1-4H3,(H,49,51)(H,50,52)(H,53,61)(H,54,58). The van der Waals surface area contributed by atoms with Gasteiger partial charge in [0, 0.05) is 92.2 Å². The van der Waals surface area contributed by atoms with Crippen molar-refractivity contribution in [3.8, 4) is 11.5 Å². The third-order valence-electron chi connectivity index (χ3n) is 12.8. The molecule has 4 heterocycles. The van der Waals surface area contributed by atoms with Crippen LogP contribution in [0.25, 0.3) is 16.6 Å². The molecule has 2 aliphatic carbocycles. The Balaban J connectivity index is 0.973. The van der Waals surface area contributed by atoms with Crippen molar-refractivity contribution in [3.05, 3.63) is 111 Å². The number of carbonyl (C=O) groups is 1. The van der Waals surface area contributed by atoms with E-state index in [1.165, 1.54) is 29.0 Å². The third-order valence-corrected chi connectivity index (χ3v) is 15.4. The number of aromatic nitrogens is 3. The quantitative estimate of drug-likeness (QED) is 0.0385. The monoisotopic (exact) mass is 959 g/mol. The van der Waals surface area contributed by atoms with Crippen LogP contribution in [0.3, 0.4) is 0 Å². The number of benzene rings is 2. The molecule has 0 unspecified atom stereocenters. The van der Waals surface area contributed by atoms with E-state index >= 15 is 0 Å². The fourth-order valence-electron chi connectivity index (χ4n) is 9.25. The molecule has 66 heavy (non-hydrogen) atoms. The molecule has 4 N–H and O–H groups in total. The fraction of sp³-hybridized carbons (Fsp3) is 0.426. The second-order valence-electron chi connectivity index (χ2n) is 18.9. The summed E-state index contributed by atoms with van der Waals surface area (Å²) < 4.78 is 51.3. The van der Waals surface area contributed by atoms with E-state index in [4.69, 9.17) is 16.3 Å². The Morgan fingerprint density at radius 3 is 2.45 bits per heavy atom. The van der Waals surface area contributed by atoms with Gasteiger partial charge in [-0.15, -0.1) is 0 Å². The van der Waals surface area contributed by atoms with Crippen LogP contribution in [-0.4, -0.2) is 101 Å². The number of pyridine rings is 2. The van der Waals surface area contributed by atoms with Crippen LogP contribution in [0.1, 0.15) is 74.7 Å². The van der Waals surface area contributed by atoms with Gasteiger partial charge in [-0.25, -0.2) is 23.1 Å². The molecule has 0 atom stereocenters. The summed E-state index contributed by atoms with van der Waals surface area (Å²) in [4.78, 5) is 41.2. The lowest BCUT2D eigenvalue weighted by Crippen LogP contribution is -2.47. The zero-order valence-corrected chi connectivity index (χ0v) is 40.1. The maximum Gasteiger partial charge on any atom is 0.312 e. The molecule has 0 bridgehead atoms. The molecular formula is C47H58ClN9O7S2. The first-order chi connectivity index (χ1) is 31.4. The van der Waals surface area contributed by atoms with Crippen molar-refractivity contribution in [2.45, 2.75) is 69.7 Å². The Hall–Kier alpha value is -5.40. The first-order valence-electron chi connectivity index (χ1n) is 22.4. The molecule has 1 saturated carbocycles. The van der Waals surface area contributed by atoms with Gasteiger partial charge in [-0.05, 0) is 104 Å². The molecule has 3 aliphatic rings. The van der Waals surface area contributed by atoms with E-state index in [0.29, 0.717) is 31.0 Å². The van der Waals surface area contributed by atoms with Crippen LogP contribution in [0.15, 0.2) is 89.7 Å². The molecule has 5 aromatic rings. The number of halogens is 1. The van der Waals surface area contributed by atoms with Gasteiger partial charge < -0.3 is 19.9 Å². The molecule has 0 spiro atoms. The molecule has 352 valence electrons. The molecule has 8 rings (SSSR count). The highest BCUT2D eigenvalue weighted by molar-refractivity contribution is 7.99. The lowest BCUT2D eigenvalue weighted by molar-refractivity contribution is -0.384. The fourth-order valence-corrected chi connectivity index (χ4v) is 11.4. The second-order valence-corrected chi connectivity index (χ2v) is 23.9. The number of fused-ring (bicyclic) bond motifs is 1. The van der Waals surface area contributed by atoms with Gasteiger partial charge in [0.25, 0.3) is 15.9 Å².